The maximum atomic E-state index is 13.4. The van der Waals surface area contributed by atoms with Crippen molar-refractivity contribution in [1.82, 2.24) is 19.7 Å². The van der Waals surface area contributed by atoms with Crippen molar-refractivity contribution in [3.8, 4) is 5.75 Å². The number of benzene rings is 3. The average molecular weight is 673 g/mol. The molecule has 3 saturated heterocycles. The lowest BCUT2D eigenvalue weighted by Gasteiger charge is -2.38. The van der Waals surface area contributed by atoms with Crippen LogP contribution in [0.15, 0.2) is 76.5 Å². The molecule has 0 bridgehead atoms. The van der Waals surface area contributed by atoms with Gasteiger partial charge in [-0.05, 0) is 86.1 Å². The van der Waals surface area contributed by atoms with Crippen LogP contribution in [0.2, 0.25) is 0 Å². The molecule has 13 heteroatoms. The van der Waals surface area contributed by atoms with Gasteiger partial charge in [-0.25, -0.2) is 21.6 Å². The monoisotopic (exact) mass is 672 g/mol. The minimum atomic E-state index is -3.67. The molecule has 250 valence electrons. The number of sulfonamides is 2. The quantitative estimate of drug-likeness (QED) is 0.228. The van der Waals surface area contributed by atoms with Crippen molar-refractivity contribution in [2.45, 2.75) is 59.6 Å². The second-order valence-electron chi connectivity index (χ2n) is 12.7. The van der Waals surface area contributed by atoms with Crippen molar-refractivity contribution in [3.63, 3.8) is 0 Å². The van der Waals surface area contributed by atoms with Crippen LogP contribution in [0.3, 0.4) is 0 Å². The third-order valence-electron chi connectivity index (χ3n) is 9.36. The van der Waals surface area contributed by atoms with Gasteiger partial charge in [0.05, 0.1) is 22.0 Å². The van der Waals surface area contributed by atoms with Crippen LogP contribution >= 0.6 is 0 Å². The van der Waals surface area contributed by atoms with E-state index in [9.17, 15) is 21.9 Å². The predicted molar refractivity (Wildman–Crippen MR) is 176 cm³/mol. The summed E-state index contributed by atoms with van der Waals surface area (Å²) in [7, 11) is -7.28. The summed E-state index contributed by atoms with van der Waals surface area (Å²) in [6, 6.07) is 19.3. The van der Waals surface area contributed by atoms with Crippen molar-refractivity contribution in [2.24, 2.45) is 5.92 Å². The van der Waals surface area contributed by atoms with Gasteiger partial charge < -0.3 is 25.2 Å². The molecule has 3 aromatic carbocycles. The Labute approximate surface area is 271 Å². The van der Waals surface area contributed by atoms with E-state index in [1.807, 2.05) is 30.3 Å². The first kappa shape index (κ1) is 33.3. The summed E-state index contributed by atoms with van der Waals surface area (Å²) < 4.78 is 68.7. The Balaban J connectivity index is 0.939. The van der Waals surface area contributed by atoms with E-state index in [2.05, 4.69) is 15.4 Å². The number of nitrogens with one attached hydrogen (secondary N) is 3. The lowest BCUT2D eigenvalue weighted by Crippen LogP contribution is -2.47. The second-order valence-corrected chi connectivity index (χ2v) is 16.4. The Morgan fingerprint density at radius 3 is 2.59 bits per heavy atom. The molecule has 11 nitrogen and oxygen atoms in total. The highest BCUT2D eigenvalue weighted by Gasteiger charge is 2.44. The molecular weight excluding hydrogens is 629 g/mol. The zero-order valence-electron chi connectivity index (χ0n) is 25.9. The normalized spacial score (nSPS) is 23.1. The molecular formula is C33H44N4O7S2. The minimum absolute atomic E-state index is 0.00200. The first-order valence-electron chi connectivity index (χ1n) is 16.1. The van der Waals surface area contributed by atoms with E-state index < -0.39 is 26.2 Å². The highest BCUT2D eigenvalue weighted by Crippen LogP contribution is 2.37. The summed E-state index contributed by atoms with van der Waals surface area (Å²) >= 11 is 0. The average Bonchev–Trinajstić information content (AvgIpc) is 3.48. The third kappa shape index (κ3) is 7.91. The summed E-state index contributed by atoms with van der Waals surface area (Å²) in [6.45, 7) is 3.70. The SMILES string of the molecule is O=S(=O)(NCC1CCCNC1)c1cccc(OCC(O)CNC2COC3(CCN(S(=O)(=O)c4ccc5ccccc5c4)CC3)C2)c1. The van der Waals surface area contributed by atoms with Gasteiger partial charge in [-0.1, -0.05) is 36.4 Å². The molecule has 3 heterocycles. The van der Waals surface area contributed by atoms with Gasteiger partial charge in [-0.15, -0.1) is 0 Å². The predicted octanol–water partition coefficient (Wildman–Crippen LogP) is 2.46. The Morgan fingerprint density at radius 1 is 1.00 bits per heavy atom. The van der Waals surface area contributed by atoms with Gasteiger partial charge in [0, 0.05) is 38.3 Å². The summed E-state index contributed by atoms with van der Waals surface area (Å²) in [5, 5.41) is 19.1. The minimum Gasteiger partial charge on any atom is -0.491 e. The fraction of sp³-hybridized carbons (Fsp3) is 0.515. The maximum Gasteiger partial charge on any atom is 0.243 e. The van der Waals surface area contributed by atoms with E-state index in [4.69, 9.17) is 9.47 Å². The van der Waals surface area contributed by atoms with Crippen LogP contribution in [-0.2, 0) is 24.8 Å². The molecule has 3 atom stereocenters. The topological polar surface area (TPSA) is 146 Å². The lowest BCUT2D eigenvalue weighted by atomic mass is 9.88. The van der Waals surface area contributed by atoms with E-state index in [0.717, 1.165) is 43.1 Å². The first-order chi connectivity index (χ1) is 22.1. The summed E-state index contributed by atoms with van der Waals surface area (Å²) in [5.41, 5.74) is -0.387. The Morgan fingerprint density at radius 2 is 1.80 bits per heavy atom. The Bertz CT molecular complexity index is 1710. The molecule has 46 heavy (non-hydrogen) atoms. The molecule has 0 saturated carbocycles. The first-order valence-corrected chi connectivity index (χ1v) is 19.0. The maximum absolute atomic E-state index is 13.4. The van der Waals surface area contributed by atoms with Crippen molar-refractivity contribution in [3.05, 3.63) is 66.7 Å². The van der Waals surface area contributed by atoms with Gasteiger partial charge in [0.2, 0.25) is 20.0 Å². The number of ether oxygens (including phenoxy) is 2. The Hall–Kier alpha value is -2.62. The van der Waals surface area contributed by atoms with Crippen LogP contribution in [-0.4, -0.2) is 96.5 Å². The van der Waals surface area contributed by atoms with E-state index in [-0.39, 0.29) is 35.6 Å². The van der Waals surface area contributed by atoms with Gasteiger partial charge in [-0.3, -0.25) is 0 Å². The van der Waals surface area contributed by atoms with E-state index in [0.29, 0.717) is 49.7 Å². The largest absolute Gasteiger partial charge is 0.491 e. The molecule has 3 fully saturated rings. The van der Waals surface area contributed by atoms with E-state index in [1.54, 1.807) is 28.6 Å². The molecule has 3 aliphatic rings. The van der Waals surface area contributed by atoms with Gasteiger partial charge in [0.25, 0.3) is 0 Å². The lowest BCUT2D eigenvalue weighted by molar-refractivity contribution is -0.0312. The van der Waals surface area contributed by atoms with Crippen LogP contribution in [0, 0.1) is 5.92 Å². The van der Waals surface area contributed by atoms with Crippen LogP contribution < -0.4 is 20.1 Å². The smallest absolute Gasteiger partial charge is 0.243 e. The molecule has 0 amide bonds. The molecule has 0 aliphatic carbocycles. The molecule has 4 N–H and O–H groups in total. The number of rotatable bonds is 12. The van der Waals surface area contributed by atoms with Crippen molar-refractivity contribution in [2.75, 3.05) is 52.5 Å². The van der Waals surface area contributed by atoms with Crippen LogP contribution in [0.25, 0.3) is 10.8 Å². The molecule has 0 aromatic heterocycles. The number of nitrogens with zero attached hydrogens (tertiary/aromatic N) is 1. The summed E-state index contributed by atoms with van der Waals surface area (Å²) in [6.07, 6.45) is 3.16. The van der Waals surface area contributed by atoms with Gasteiger partial charge >= 0.3 is 0 Å². The summed E-state index contributed by atoms with van der Waals surface area (Å²) in [4.78, 5) is 0.439. The fourth-order valence-corrected chi connectivity index (χ4v) is 9.26. The van der Waals surface area contributed by atoms with Crippen LogP contribution in [0.1, 0.15) is 32.1 Å². The molecule has 0 radical (unpaired) electrons. The third-order valence-corrected chi connectivity index (χ3v) is 12.7. The van der Waals surface area contributed by atoms with Crippen LogP contribution in [0.5, 0.6) is 5.75 Å². The molecule has 3 aromatic rings. The van der Waals surface area contributed by atoms with Crippen molar-refractivity contribution < 1.29 is 31.4 Å². The molecule has 3 aliphatic heterocycles. The van der Waals surface area contributed by atoms with Crippen molar-refractivity contribution in [1.29, 1.82) is 0 Å². The van der Waals surface area contributed by atoms with Gasteiger partial charge in [-0.2, -0.15) is 4.31 Å². The molecule has 3 unspecified atom stereocenters. The zero-order valence-corrected chi connectivity index (χ0v) is 27.6. The number of hydrogen-bond acceptors (Lipinski definition) is 9. The van der Waals surface area contributed by atoms with Crippen molar-refractivity contribution >= 4 is 30.8 Å². The number of aliphatic hydroxyl groups is 1. The highest BCUT2D eigenvalue weighted by molar-refractivity contribution is 7.89. The second kappa shape index (κ2) is 14.2. The van der Waals surface area contributed by atoms with E-state index >= 15 is 0 Å². The van der Waals surface area contributed by atoms with Gasteiger partial charge in [0.15, 0.2) is 0 Å². The number of fused-ring (bicyclic) bond motifs is 1. The number of aliphatic hydroxyl groups excluding tert-OH is 1. The number of piperidine rings is 2. The zero-order chi connectivity index (χ0) is 32.2. The number of hydrogen-bond donors (Lipinski definition) is 4. The fourth-order valence-electron chi connectivity index (χ4n) is 6.63. The van der Waals surface area contributed by atoms with Gasteiger partial charge in [0.1, 0.15) is 18.5 Å². The van der Waals surface area contributed by atoms with E-state index in [1.165, 1.54) is 12.1 Å². The molecule has 1 spiro atoms. The summed E-state index contributed by atoms with van der Waals surface area (Å²) in [5.74, 6) is 0.644. The Kier molecular flexibility index (Phi) is 10.3. The van der Waals surface area contributed by atoms with Crippen LogP contribution in [0.4, 0.5) is 0 Å². The standard InChI is InChI=1S/C33H44N4O7S2/c38-29(24-43-30-8-3-9-31(18-30)45(39,40)36-21-25-5-4-14-34-20-25)22-35-28-19-33(44-23-28)12-15-37(16-13-33)46(41,42)32-11-10-26-6-1-2-7-27(26)17-32/h1-3,6-11,17-18,25,28-29,34-36,38H,4-5,12-16,19-24H2. The molecule has 6 rings (SSSR count). The highest BCUT2D eigenvalue weighted by atomic mass is 32.2.